The number of anilines is 1. The van der Waals surface area contributed by atoms with Gasteiger partial charge < -0.3 is 19.5 Å². The van der Waals surface area contributed by atoms with Crippen molar-refractivity contribution in [2.24, 2.45) is 0 Å². The second-order valence-electron chi connectivity index (χ2n) is 7.44. The zero-order chi connectivity index (χ0) is 26.9. The number of benzene rings is 3. The van der Waals surface area contributed by atoms with Gasteiger partial charge in [0.05, 0.1) is 29.2 Å². The van der Waals surface area contributed by atoms with Gasteiger partial charge in [0.2, 0.25) is 0 Å². The van der Waals surface area contributed by atoms with Crippen LogP contribution in [0, 0.1) is 21.4 Å². The van der Waals surface area contributed by atoms with E-state index in [4.69, 9.17) is 9.47 Å². The van der Waals surface area contributed by atoms with Crippen LogP contribution in [0.25, 0.3) is 6.08 Å². The molecule has 0 aliphatic carbocycles. The maximum Gasteiger partial charge on any atom is 0.337 e. The maximum atomic E-state index is 12.7. The summed E-state index contributed by atoms with van der Waals surface area (Å²) >= 11 is 3.43. The third-order valence-corrected chi connectivity index (χ3v) is 5.61. The topological polar surface area (TPSA) is 141 Å². The largest absolute Gasteiger partial charge is 0.493 e. The molecule has 188 valence electrons. The number of carbonyl (C=O) groups excluding carboxylic acids is 2. The summed E-state index contributed by atoms with van der Waals surface area (Å²) < 4.78 is 16.4. The zero-order valence-electron chi connectivity index (χ0n) is 19.7. The lowest BCUT2D eigenvalue weighted by Gasteiger charge is -2.14. The van der Waals surface area contributed by atoms with Gasteiger partial charge in [-0.2, -0.15) is 5.26 Å². The fraction of sp³-hybridized carbons (Fsp3) is 0.115. The van der Waals surface area contributed by atoms with E-state index in [1.807, 2.05) is 6.07 Å². The number of methoxy groups -OCH3 is 2. The van der Waals surface area contributed by atoms with E-state index in [1.54, 1.807) is 24.3 Å². The molecule has 0 saturated heterocycles. The molecule has 10 nitrogen and oxygen atoms in total. The third kappa shape index (κ3) is 6.93. The van der Waals surface area contributed by atoms with E-state index in [0.29, 0.717) is 38.3 Å². The lowest BCUT2D eigenvalue weighted by Crippen LogP contribution is -2.13. The smallest absolute Gasteiger partial charge is 0.337 e. The molecule has 1 N–H and O–H groups in total. The Labute approximate surface area is 220 Å². The summed E-state index contributed by atoms with van der Waals surface area (Å²) in [4.78, 5) is 34.5. The predicted octanol–water partition coefficient (Wildman–Crippen LogP) is 5.28. The Morgan fingerprint density at radius 3 is 2.35 bits per heavy atom. The minimum absolute atomic E-state index is 0.0193. The van der Waals surface area contributed by atoms with Gasteiger partial charge in [0, 0.05) is 17.8 Å². The Kier molecular flexibility index (Phi) is 8.96. The van der Waals surface area contributed by atoms with Crippen LogP contribution in [0.2, 0.25) is 0 Å². The average Bonchev–Trinajstić information content (AvgIpc) is 2.90. The van der Waals surface area contributed by atoms with E-state index in [9.17, 15) is 25.0 Å². The Hall–Kier alpha value is -4.69. The molecular weight excluding hydrogens is 546 g/mol. The van der Waals surface area contributed by atoms with Gasteiger partial charge in [0.25, 0.3) is 11.6 Å². The van der Waals surface area contributed by atoms with E-state index >= 15 is 0 Å². The average molecular weight is 566 g/mol. The normalized spacial score (nSPS) is 10.7. The molecule has 3 rings (SSSR count). The molecule has 0 aromatic heterocycles. The number of nitro benzene ring substituents is 1. The highest BCUT2D eigenvalue weighted by molar-refractivity contribution is 9.10. The molecule has 0 fully saturated rings. The number of esters is 1. The summed E-state index contributed by atoms with van der Waals surface area (Å²) in [6.07, 6.45) is 1.39. The second-order valence-corrected chi connectivity index (χ2v) is 8.29. The number of ether oxygens (including phenoxy) is 3. The van der Waals surface area contributed by atoms with Gasteiger partial charge in [-0.1, -0.05) is 0 Å². The molecule has 0 atom stereocenters. The monoisotopic (exact) mass is 565 g/mol. The number of non-ortho nitro benzene ring substituents is 1. The van der Waals surface area contributed by atoms with Crippen LogP contribution in [-0.2, 0) is 16.1 Å². The van der Waals surface area contributed by atoms with Crippen molar-refractivity contribution in [1.29, 1.82) is 5.26 Å². The molecular formula is C26H20BrN3O7. The van der Waals surface area contributed by atoms with Crippen molar-refractivity contribution in [3.8, 4) is 17.6 Å². The predicted molar refractivity (Wildman–Crippen MR) is 138 cm³/mol. The number of nitrogens with zero attached hydrogens (tertiary/aromatic N) is 2. The van der Waals surface area contributed by atoms with Gasteiger partial charge in [-0.05, 0) is 81.7 Å². The molecule has 1 amide bonds. The lowest BCUT2D eigenvalue weighted by molar-refractivity contribution is -0.384. The Morgan fingerprint density at radius 2 is 1.78 bits per heavy atom. The first-order chi connectivity index (χ1) is 17.7. The van der Waals surface area contributed by atoms with Crippen molar-refractivity contribution in [2.75, 3.05) is 19.5 Å². The lowest BCUT2D eigenvalue weighted by atomic mass is 10.1. The maximum absolute atomic E-state index is 12.7. The molecule has 0 saturated carbocycles. The number of nitrogens with one attached hydrogen (secondary N) is 1. The number of amides is 1. The van der Waals surface area contributed by atoms with Crippen LogP contribution in [-0.4, -0.2) is 31.0 Å². The first-order valence-electron chi connectivity index (χ1n) is 10.6. The van der Waals surface area contributed by atoms with Crippen molar-refractivity contribution in [3.05, 3.63) is 97.5 Å². The summed E-state index contributed by atoms with van der Waals surface area (Å²) in [5.74, 6) is -0.414. The van der Waals surface area contributed by atoms with Crippen LogP contribution >= 0.6 is 15.9 Å². The quantitative estimate of drug-likeness (QED) is 0.121. The molecule has 0 unspecified atom stereocenters. The number of rotatable bonds is 9. The third-order valence-electron chi connectivity index (χ3n) is 5.02. The highest BCUT2D eigenvalue weighted by atomic mass is 79.9. The van der Waals surface area contributed by atoms with E-state index < -0.39 is 16.8 Å². The van der Waals surface area contributed by atoms with Crippen LogP contribution in [0.4, 0.5) is 11.4 Å². The van der Waals surface area contributed by atoms with Gasteiger partial charge in [0.15, 0.2) is 11.5 Å². The van der Waals surface area contributed by atoms with Crippen molar-refractivity contribution in [2.45, 2.75) is 6.61 Å². The standard InChI is InChI=1S/C26H20BrN3O7/c1-35-23-13-17(12-22(27)24(23)37-15-16-3-9-21(10-4-16)30(33)34)11-19(14-28)25(31)29-20-7-5-18(6-8-20)26(32)36-2/h3-13H,15H2,1-2H3,(H,29,31)/b19-11+. The summed E-state index contributed by atoms with van der Waals surface area (Å²) in [6.45, 7) is 0.128. The number of hydrogen-bond donors (Lipinski definition) is 1. The molecule has 3 aromatic carbocycles. The molecule has 0 bridgehead atoms. The molecule has 0 aliphatic heterocycles. The van der Waals surface area contributed by atoms with Gasteiger partial charge in [0.1, 0.15) is 18.2 Å². The first kappa shape index (κ1) is 26.9. The summed E-state index contributed by atoms with van der Waals surface area (Å²) in [5, 5.41) is 23.0. The summed E-state index contributed by atoms with van der Waals surface area (Å²) in [6, 6.07) is 17.1. The minimum Gasteiger partial charge on any atom is -0.493 e. The second kappa shape index (κ2) is 12.3. The van der Waals surface area contributed by atoms with E-state index in [2.05, 4.69) is 26.0 Å². The van der Waals surface area contributed by atoms with E-state index in [-0.39, 0.29) is 17.9 Å². The van der Waals surface area contributed by atoms with Crippen molar-refractivity contribution in [3.63, 3.8) is 0 Å². The fourth-order valence-electron chi connectivity index (χ4n) is 3.15. The number of carbonyl (C=O) groups is 2. The van der Waals surface area contributed by atoms with E-state index in [0.717, 1.165) is 0 Å². The fourth-order valence-corrected chi connectivity index (χ4v) is 3.73. The Balaban J connectivity index is 1.76. The molecule has 3 aromatic rings. The van der Waals surface area contributed by atoms with Gasteiger partial charge in [-0.3, -0.25) is 14.9 Å². The summed E-state index contributed by atoms with van der Waals surface area (Å²) in [7, 11) is 2.72. The molecule has 0 heterocycles. The molecule has 0 radical (unpaired) electrons. The van der Waals surface area contributed by atoms with Crippen LogP contribution < -0.4 is 14.8 Å². The molecule has 37 heavy (non-hydrogen) atoms. The number of nitro groups is 1. The number of nitriles is 1. The SMILES string of the molecule is COC(=O)c1ccc(NC(=O)/C(C#N)=C/c2cc(Br)c(OCc3ccc([N+](=O)[O-])cc3)c(OC)c2)cc1. The van der Waals surface area contributed by atoms with Gasteiger partial charge in [-0.25, -0.2) is 4.79 Å². The van der Waals surface area contributed by atoms with Crippen LogP contribution in [0.15, 0.2) is 70.7 Å². The van der Waals surface area contributed by atoms with Crippen LogP contribution in [0.5, 0.6) is 11.5 Å². The zero-order valence-corrected chi connectivity index (χ0v) is 21.3. The van der Waals surface area contributed by atoms with Crippen molar-refractivity contribution >= 4 is 45.3 Å². The molecule has 0 spiro atoms. The highest BCUT2D eigenvalue weighted by Crippen LogP contribution is 2.38. The molecule has 11 heteroatoms. The van der Waals surface area contributed by atoms with Crippen molar-refractivity contribution < 1.29 is 28.7 Å². The van der Waals surface area contributed by atoms with Gasteiger partial charge >= 0.3 is 5.97 Å². The van der Waals surface area contributed by atoms with Crippen LogP contribution in [0.3, 0.4) is 0 Å². The number of hydrogen-bond acceptors (Lipinski definition) is 8. The molecule has 0 aliphatic rings. The van der Waals surface area contributed by atoms with Gasteiger partial charge in [-0.15, -0.1) is 0 Å². The summed E-state index contributed by atoms with van der Waals surface area (Å²) in [5.41, 5.74) is 1.75. The Bertz CT molecular complexity index is 1400. The highest BCUT2D eigenvalue weighted by Gasteiger charge is 2.15. The first-order valence-corrected chi connectivity index (χ1v) is 11.4. The minimum atomic E-state index is -0.637. The number of halogens is 1. The Morgan fingerprint density at radius 1 is 1.11 bits per heavy atom. The van der Waals surface area contributed by atoms with E-state index in [1.165, 1.54) is 56.7 Å². The van der Waals surface area contributed by atoms with Crippen molar-refractivity contribution in [1.82, 2.24) is 0 Å². The van der Waals surface area contributed by atoms with Crippen LogP contribution in [0.1, 0.15) is 21.5 Å².